The van der Waals surface area contributed by atoms with E-state index in [1.54, 1.807) is 12.1 Å². The van der Waals surface area contributed by atoms with Crippen LogP contribution in [0.25, 0.3) is 11.0 Å². The first-order valence-corrected chi connectivity index (χ1v) is 6.57. The number of hydrogen-bond donors (Lipinski definition) is 2. The number of hydrogen-bond acceptors (Lipinski definition) is 2. The van der Waals surface area contributed by atoms with E-state index in [2.05, 4.69) is 15.3 Å². The van der Waals surface area contributed by atoms with Gasteiger partial charge >= 0.3 is 0 Å². The Morgan fingerprint density at radius 3 is 2.65 bits per heavy atom. The van der Waals surface area contributed by atoms with Crippen molar-refractivity contribution in [2.45, 2.75) is 6.42 Å². The third-order valence-corrected chi connectivity index (χ3v) is 3.18. The lowest BCUT2D eigenvalue weighted by Gasteiger charge is -2.02. The van der Waals surface area contributed by atoms with Crippen molar-refractivity contribution in [3.05, 3.63) is 59.1 Å². The van der Waals surface area contributed by atoms with E-state index in [0.29, 0.717) is 11.0 Å². The maximum atomic E-state index is 11.9. The van der Waals surface area contributed by atoms with E-state index in [1.165, 1.54) is 0 Å². The molecule has 20 heavy (non-hydrogen) atoms. The SMILES string of the molecule is O=C(Cc1ccc(Cl)cc1)Nc1nc2ccccc2[nH]1. The molecule has 0 fully saturated rings. The van der Waals surface area contributed by atoms with Gasteiger partial charge in [0.1, 0.15) is 0 Å². The summed E-state index contributed by atoms with van der Waals surface area (Å²) in [5, 5.41) is 3.41. The average Bonchev–Trinajstić information content (AvgIpc) is 2.83. The normalized spacial score (nSPS) is 10.7. The Kier molecular flexibility index (Phi) is 3.39. The van der Waals surface area contributed by atoms with Gasteiger partial charge < -0.3 is 4.98 Å². The van der Waals surface area contributed by atoms with Crippen molar-refractivity contribution in [3.8, 4) is 0 Å². The monoisotopic (exact) mass is 285 g/mol. The van der Waals surface area contributed by atoms with Crippen molar-refractivity contribution in [1.82, 2.24) is 9.97 Å². The molecule has 5 heteroatoms. The van der Waals surface area contributed by atoms with Gasteiger partial charge in [0, 0.05) is 5.02 Å². The number of para-hydroxylation sites is 2. The fourth-order valence-corrected chi connectivity index (χ4v) is 2.10. The van der Waals surface area contributed by atoms with Gasteiger partial charge in [0.15, 0.2) is 0 Å². The number of aromatic amines is 1. The van der Waals surface area contributed by atoms with Gasteiger partial charge in [-0.2, -0.15) is 0 Å². The van der Waals surface area contributed by atoms with Crippen LogP contribution in [-0.2, 0) is 11.2 Å². The first-order valence-electron chi connectivity index (χ1n) is 6.20. The highest BCUT2D eigenvalue weighted by molar-refractivity contribution is 6.30. The summed E-state index contributed by atoms with van der Waals surface area (Å²) < 4.78 is 0. The third-order valence-electron chi connectivity index (χ3n) is 2.93. The topological polar surface area (TPSA) is 57.8 Å². The van der Waals surface area contributed by atoms with Crippen LogP contribution in [-0.4, -0.2) is 15.9 Å². The van der Waals surface area contributed by atoms with E-state index in [4.69, 9.17) is 11.6 Å². The van der Waals surface area contributed by atoms with Gasteiger partial charge in [0.2, 0.25) is 11.9 Å². The summed E-state index contributed by atoms with van der Waals surface area (Å²) in [4.78, 5) is 19.3. The molecule has 0 atom stereocenters. The standard InChI is InChI=1S/C15H12ClN3O/c16-11-7-5-10(6-8-11)9-14(20)19-15-17-12-3-1-2-4-13(12)18-15/h1-8H,9H2,(H2,17,18,19,20). The number of benzene rings is 2. The molecular formula is C15H12ClN3O. The smallest absolute Gasteiger partial charge is 0.231 e. The highest BCUT2D eigenvalue weighted by atomic mass is 35.5. The zero-order valence-corrected chi connectivity index (χ0v) is 11.3. The number of nitrogens with one attached hydrogen (secondary N) is 2. The van der Waals surface area contributed by atoms with Gasteiger partial charge in [-0.1, -0.05) is 35.9 Å². The number of fused-ring (bicyclic) bond motifs is 1. The number of nitrogens with zero attached hydrogens (tertiary/aromatic N) is 1. The van der Waals surface area contributed by atoms with Gasteiger partial charge in [0.25, 0.3) is 0 Å². The average molecular weight is 286 g/mol. The van der Waals surface area contributed by atoms with Crippen LogP contribution in [0.15, 0.2) is 48.5 Å². The Labute approximate surface area is 120 Å². The maximum Gasteiger partial charge on any atom is 0.231 e. The van der Waals surface area contributed by atoms with Crippen molar-refractivity contribution in [2.24, 2.45) is 0 Å². The second-order valence-electron chi connectivity index (χ2n) is 4.45. The lowest BCUT2D eigenvalue weighted by Crippen LogP contribution is -2.15. The molecule has 0 saturated heterocycles. The summed E-state index contributed by atoms with van der Waals surface area (Å²) >= 11 is 5.81. The zero-order chi connectivity index (χ0) is 13.9. The van der Waals surface area contributed by atoms with Gasteiger partial charge in [0.05, 0.1) is 17.5 Å². The number of anilines is 1. The van der Waals surface area contributed by atoms with Crippen LogP contribution >= 0.6 is 11.6 Å². The number of halogens is 1. The van der Waals surface area contributed by atoms with Crippen LogP contribution in [0.5, 0.6) is 0 Å². The Morgan fingerprint density at radius 2 is 1.90 bits per heavy atom. The number of H-pyrrole nitrogens is 1. The van der Waals surface area contributed by atoms with E-state index >= 15 is 0 Å². The fourth-order valence-electron chi connectivity index (χ4n) is 1.98. The minimum atomic E-state index is -0.119. The second kappa shape index (κ2) is 5.35. The van der Waals surface area contributed by atoms with Crippen molar-refractivity contribution in [2.75, 3.05) is 5.32 Å². The number of carbonyl (C=O) groups is 1. The molecule has 3 rings (SSSR count). The highest BCUT2D eigenvalue weighted by Gasteiger charge is 2.07. The molecule has 0 aliphatic heterocycles. The number of amides is 1. The fraction of sp³-hybridized carbons (Fsp3) is 0.0667. The van der Waals surface area contributed by atoms with E-state index in [1.807, 2.05) is 36.4 Å². The summed E-state index contributed by atoms with van der Waals surface area (Å²) in [5.74, 6) is 0.344. The minimum absolute atomic E-state index is 0.119. The molecular weight excluding hydrogens is 274 g/mol. The highest BCUT2D eigenvalue weighted by Crippen LogP contribution is 2.14. The number of rotatable bonds is 3. The van der Waals surface area contributed by atoms with Crippen LogP contribution in [0.2, 0.25) is 5.02 Å². The molecule has 4 nitrogen and oxygen atoms in total. The van der Waals surface area contributed by atoms with E-state index in [-0.39, 0.29) is 12.3 Å². The predicted octanol–water partition coefficient (Wildman–Crippen LogP) is 3.40. The summed E-state index contributed by atoms with van der Waals surface area (Å²) in [6.45, 7) is 0. The van der Waals surface area contributed by atoms with Crippen molar-refractivity contribution in [3.63, 3.8) is 0 Å². The van der Waals surface area contributed by atoms with Crippen LogP contribution in [0, 0.1) is 0 Å². The molecule has 3 aromatic rings. The van der Waals surface area contributed by atoms with Crippen LogP contribution in [0.4, 0.5) is 5.95 Å². The van der Waals surface area contributed by atoms with Crippen LogP contribution in [0.1, 0.15) is 5.56 Å². The Morgan fingerprint density at radius 1 is 1.15 bits per heavy atom. The molecule has 2 N–H and O–H groups in total. The van der Waals surface area contributed by atoms with Crippen LogP contribution in [0.3, 0.4) is 0 Å². The van der Waals surface area contributed by atoms with Crippen molar-refractivity contribution in [1.29, 1.82) is 0 Å². The summed E-state index contributed by atoms with van der Waals surface area (Å²) in [6, 6.07) is 14.8. The first kappa shape index (κ1) is 12.7. The Bertz CT molecular complexity index is 716. The van der Waals surface area contributed by atoms with Crippen molar-refractivity contribution >= 4 is 34.5 Å². The second-order valence-corrected chi connectivity index (χ2v) is 4.89. The molecule has 0 radical (unpaired) electrons. The lowest BCUT2D eigenvalue weighted by atomic mass is 10.1. The summed E-state index contributed by atoms with van der Waals surface area (Å²) in [5.41, 5.74) is 2.63. The Hall–Kier alpha value is -2.33. The molecule has 1 aromatic heterocycles. The predicted molar refractivity (Wildman–Crippen MR) is 79.9 cm³/mol. The molecule has 0 unspecified atom stereocenters. The quantitative estimate of drug-likeness (QED) is 0.775. The van der Waals surface area contributed by atoms with E-state index < -0.39 is 0 Å². The molecule has 0 aliphatic carbocycles. The van der Waals surface area contributed by atoms with Crippen molar-refractivity contribution < 1.29 is 4.79 Å². The largest absolute Gasteiger partial charge is 0.324 e. The zero-order valence-electron chi connectivity index (χ0n) is 10.6. The minimum Gasteiger partial charge on any atom is -0.324 e. The molecule has 2 aromatic carbocycles. The van der Waals surface area contributed by atoms with Gasteiger partial charge in [-0.05, 0) is 29.8 Å². The molecule has 0 aliphatic rings. The molecule has 100 valence electrons. The van der Waals surface area contributed by atoms with E-state index in [9.17, 15) is 4.79 Å². The van der Waals surface area contributed by atoms with Gasteiger partial charge in [-0.3, -0.25) is 10.1 Å². The number of imidazole rings is 1. The molecule has 1 heterocycles. The maximum absolute atomic E-state index is 11.9. The lowest BCUT2D eigenvalue weighted by molar-refractivity contribution is -0.115. The molecule has 0 bridgehead atoms. The third kappa shape index (κ3) is 2.81. The Balaban J connectivity index is 1.70. The van der Waals surface area contributed by atoms with Crippen LogP contribution < -0.4 is 5.32 Å². The van der Waals surface area contributed by atoms with Gasteiger partial charge in [-0.15, -0.1) is 0 Å². The summed E-state index contributed by atoms with van der Waals surface area (Å²) in [7, 11) is 0. The van der Waals surface area contributed by atoms with Gasteiger partial charge in [-0.25, -0.2) is 4.98 Å². The van der Waals surface area contributed by atoms with E-state index in [0.717, 1.165) is 16.6 Å². The molecule has 0 spiro atoms. The molecule has 0 saturated carbocycles. The first-order chi connectivity index (χ1) is 9.70. The number of carbonyl (C=O) groups excluding carboxylic acids is 1. The summed E-state index contributed by atoms with van der Waals surface area (Å²) in [6.07, 6.45) is 0.286. The molecule has 1 amide bonds. The number of aromatic nitrogens is 2.